The zero-order valence-electron chi connectivity index (χ0n) is 16.0. The Labute approximate surface area is 163 Å². The highest BCUT2D eigenvalue weighted by atomic mass is 16.5. The first-order valence-corrected chi connectivity index (χ1v) is 9.35. The number of carbonyl (C=O) groups is 1. The molecule has 0 aliphatic rings. The SMILES string of the molecule is CCN(CC)C(CNC(=O)CCc1nc(-c2ncccn2)no1)c1ccco1. The fourth-order valence-electron chi connectivity index (χ4n) is 2.94. The van der Waals surface area contributed by atoms with Crippen molar-refractivity contribution < 1.29 is 13.7 Å². The molecule has 1 atom stereocenters. The monoisotopic (exact) mass is 384 g/mol. The first kappa shape index (κ1) is 19.7. The van der Waals surface area contributed by atoms with Crippen molar-refractivity contribution in [2.45, 2.75) is 32.7 Å². The van der Waals surface area contributed by atoms with Crippen LogP contribution in [-0.2, 0) is 11.2 Å². The van der Waals surface area contributed by atoms with Crippen LogP contribution in [0.2, 0.25) is 0 Å². The predicted molar refractivity (Wildman–Crippen MR) is 101 cm³/mol. The van der Waals surface area contributed by atoms with E-state index in [-0.39, 0.29) is 18.4 Å². The largest absolute Gasteiger partial charge is 0.468 e. The van der Waals surface area contributed by atoms with Gasteiger partial charge in [0.05, 0.1) is 12.3 Å². The van der Waals surface area contributed by atoms with Crippen LogP contribution in [0.25, 0.3) is 11.6 Å². The molecule has 9 nitrogen and oxygen atoms in total. The molecule has 1 amide bonds. The van der Waals surface area contributed by atoms with E-state index in [1.54, 1.807) is 24.7 Å². The van der Waals surface area contributed by atoms with Crippen molar-refractivity contribution in [1.82, 2.24) is 30.3 Å². The van der Waals surface area contributed by atoms with Gasteiger partial charge in [0.25, 0.3) is 0 Å². The first-order valence-electron chi connectivity index (χ1n) is 9.35. The minimum absolute atomic E-state index is 0.000753. The number of hydrogen-bond donors (Lipinski definition) is 1. The molecule has 1 N–H and O–H groups in total. The summed E-state index contributed by atoms with van der Waals surface area (Å²) in [5.74, 6) is 1.84. The molecule has 0 saturated heterocycles. The van der Waals surface area contributed by atoms with Crippen LogP contribution < -0.4 is 5.32 Å². The number of furan rings is 1. The molecule has 28 heavy (non-hydrogen) atoms. The molecular weight excluding hydrogens is 360 g/mol. The van der Waals surface area contributed by atoms with E-state index in [0.29, 0.717) is 30.5 Å². The number of likely N-dealkylation sites (N-methyl/N-ethyl adjacent to an activating group) is 1. The van der Waals surface area contributed by atoms with E-state index < -0.39 is 0 Å². The Hall–Kier alpha value is -3.07. The van der Waals surface area contributed by atoms with Gasteiger partial charge in [-0.3, -0.25) is 9.69 Å². The van der Waals surface area contributed by atoms with Crippen LogP contribution in [0.5, 0.6) is 0 Å². The highest BCUT2D eigenvalue weighted by Gasteiger charge is 2.21. The molecule has 0 aliphatic heterocycles. The lowest BCUT2D eigenvalue weighted by Gasteiger charge is -2.28. The van der Waals surface area contributed by atoms with Crippen LogP contribution in [-0.4, -0.2) is 50.5 Å². The van der Waals surface area contributed by atoms with Gasteiger partial charge in [0.15, 0.2) is 0 Å². The number of amides is 1. The highest BCUT2D eigenvalue weighted by molar-refractivity contribution is 5.76. The van der Waals surface area contributed by atoms with Gasteiger partial charge in [0.2, 0.25) is 23.4 Å². The Balaban J connectivity index is 1.52. The van der Waals surface area contributed by atoms with E-state index in [0.717, 1.165) is 18.8 Å². The van der Waals surface area contributed by atoms with Crippen molar-refractivity contribution >= 4 is 5.91 Å². The maximum Gasteiger partial charge on any atom is 0.240 e. The number of carbonyl (C=O) groups excluding carboxylic acids is 1. The van der Waals surface area contributed by atoms with E-state index in [9.17, 15) is 4.79 Å². The smallest absolute Gasteiger partial charge is 0.240 e. The van der Waals surface area contributed by atoms with E-state index in [1.807, 2.05) is 12.1 Å². The molecule has 0 aromatic carbocycles. The lowest BCUT2D eigenvalue weighted by Crippen LogP contribution is -2.38. The molecule has 0 aliphatic carbocycles. The average molecular weight is 384 g/mol. The van der Waals surface area contributed by atoms with Crippen LogP contribution in [0, 0.1) is 0 Å². The van der Waals surface area contributed by atoms with Crippen molar-refractivity contribution in [2.75, 3.05) is 19.6 Å². The van der Waals surface area contributed by atoms with Gasteiger partial charge in [-0.05, 0) is 31.3 Å². The number of hydrogen-bond acceptors (Lipinski definition) is 8. The second-order valence-corrected chi connectivity index (χ2v) is 6.14. The molecule has 3 heterocycles. The maximum atomic E-state index is 12.3. The molecular formula is C19H24N6O3. The van der Waals surface area contributed by atoms with Crippen LogP contribution in [0.3, 0.4) is 0 Å². The van der Waals surface area contributed by atoms with E-state index in [2.05, 4.69) is 44.2 Å². The normalized spacial score (nSPS) is 12.2. The van der Waals surface area contributed by atoms with Gasteiger partial charge in [-0.2, -0.15) is 4.98 Å². The quantitative estimate of drug-likeness (QED) is 0.567. The second kappa shape index (κ2) is 9.75. The highest BCUT2D eigenvalue weighted by Crippen LogP contribution is 2.20. The standard InChI is InChI=1S/C19H24N6O3/c1-3-25(4-2)14(15-7-5-12-27-15)13-22-16(26)8-9-17-23-19(24-28-17)18-20-10-6-11-21-18/h5-7,10-12,14H,3-4,8-9,13H2,1-2H3,(H,22,26). The van der Waals surface area contributed by atoms with Gasteiger partial charge >= 0.3 is 0 Å². The summed E-state index contributed by atoms with van der Waals surface area (Å²) in [6, 6.07) is 5.50. The van der Waals surface area contributed by atoms with Crippen LogP contribution in [0.15, 0.2) is 45.8 Å². The molecule has 0 fully saturated rings. The van der Waals surface area contributed by atoms with Gasteiger partial charge in [-0.1, -0.05) is 19.0 Å². The van der Waals surface area contributed by atoms with E-state index in [1.165, 1.54) is 0 Å². The third-order valence-corrected chi connectivity index (χ3v) is 4.42. The minimum Gasteiger partial charge on any atom is -0.468 e. The molecule has 1 unspecified atom stereocenters. The summed E-state index contributed by atoms with van der Waals surface area (Å²) in [5, 5.41) is 6.83. The predicted octanol–water partition coefficient (Wildman–Crippen LogP) is 2.25. The van der Waals surface area contributed by atoms with Crippen molar-refractivity contribution in [2.24, 2.45) is 0 Å². The van der Waals surface area contributed by atoms with Gasteiger partial charge < -0.3 is 14.3 Å². The van der Waals surface area contributed by atoms with Crippen molar-refractivity contribution in [1.29, 1.82) is 0 Å². The second-order valence-electron chi connectivity index (χ2n) is 6.14. The lowest BCUT2D eigenvalue weighted by atomic mass is 10.1. The fourth-order valence-corrected chi connectivity index (χ4v) is 2.94. The lowest BCUT2D eigenvalue weighted by molar-refractivity contribution is -0.121. The summed E-state index contributed by atoms with van der Waals surface area (Å²) in [6.45, 7) is 6.38. The Morgan fingerprint density at radius 3 is 2.64 bits per heavy atom. The Morgan fingerprint density at radius 1 is 1.18 bits per heavy atom. The Kier molecular flexibility index (Phi) is 6.85. The molecule has 0 radical (unpaired) electrons. The van der Waals surface area contributed by atoms with Crippen LogP contribution in [0.4, 0.5) is 0 Å². The van der Waals surface area contributed by atoms with Gasteiger partial charge in [-0.25, -0.2) is 9.97 Å². The van der Waals surface area contributed by atoms with Crippen molar-refractivity contribution in [3.63, 3.8) is 0 Å². The third kappa shape index (κ3) is 5.01. The van der Waals surface area contributed by atoms with Crippen molar-refractivity contribution in [3.8, 4) is 11.6 Å². The minimum atomic E-state index is -0.0839. The topological polar surface area (TPSA) is 110 Å². The number of nitrogens with one attached hydrogen (secondary N) is 1. The zero-order chi connectivity index (χ0) is 19.8. The molecule has 0 spiro atoms. The van der Waals surface area contributed by atoms with Gasteiger partial charge in [-0.15, -0.1) is 0 Å². The molecule has 148 valence electrons. The summed E-state index contributed by atoms with van der Waals surface area (Å²) >= 11 is 0. The van der Waals surface area contributed by atoms with Crippen LogP contribution in [0.1, 0.15) is 38.0 Å². The Bertz CT molecular complexity index is 846. The third-order valence-electron chi connectivity index (χ3n) is 4.42. The zero-order valence-corrected chi connectivity index (χ0v) is 16.0. The summed E-state index contributed by atoms with van der Waals surface area (Å²) in [5.41, 5.74) is 0. The number of aromatic nitrogens is 4. The summed E-state index contributed by atoms with van der Waals surface area (Å²) in [4.78, 5) is 26.9. The van der Waals surface area contributed by atoms with Gasteiger partial charge in [0, 0.05) is 31.8 Å². The number of aryl methyl sites for hydroxylation is 1. The van der Waals surface area contributed by atoms with Crippen molar-refractivity contribution in [3.05, 3.63) is 48.5 Å². The van der Waals surface area contributed by atoms with Crippen LogP contribution >= 0.6 is 0 Å². The average Bonchev–Trinajstić information content (AvgIpc) is 3.42. The summed E-state index contributed by atoms with van der Waals surface area (Å²) in [7, 11) is 0. The molecule has 3 aromatic heterocycles. The Morgan fingerprint density at radius 2 is 1.96 bits per heavy atom. The van der Waals surface area contributed by atoms with E-state index in [4.69, 9.17) is 8.94 Å². The molecule has 3 rings (SSSR count). The summed E-state index contributed by atoms with van der Waals surface area (Å²) in [6.07, 6.45) is 5.47. The first-order chi connectivity index (χ1) is 13.7. The molecule has 3 aromatic rings. The summed E-state index contributed by atoms with van der Waals surface area (Å²) < 4.78 is 10.7. The molecule has 9 heteroatoms. The molecule has 0 bridgehead atoms. The van der Waals surface area contributed by atoms with Gasteiger partial charge in [0.1, 0.15) is 5.76 Å². The maximum absolute atomic E-state index is 12.3. The molecule has 0 saturated carbocycles. The fraction of sp³-hybridized carbons (Fsp3) is 0.421. The number of rotatable bonds is 10. The number of nitrogens with zero attached hydrogens (tertiary/aromatic N) is 5. The van der Waals surface area contributed by atoms with E-state index >= 15 is 0 Å².